The number of carboxylic acids is 1. The lowest BCUT2D eigenvalue weighted by Gasteiger charge is -2.08. The molecule has 4 nitrogen and oxygen atoms in total. The van der Waals surface area contributed by atoms with Crippen LogP contribution < -0.4 is 4.74 Å². The van der Waals surface area contributed by atoms with E-state index >= 15 is 0 Å². The summed E-state index contributed by atoms with van der Waals surface area (Å²) in [6, 6.07) is 6.26. The predicted octanol–water partition coefficient (Wildman–Crippen LogP) is 1.49. The van der Waals surface area contributed by atoms with Crippen LogP contribution in [-0.2, 0) is 4.79 Å². The van der Waals surface area contributed by atoms with Crippen molar-refractivity contribution in [2.75, 3.05) is 6.61 Å². The number of aliphatic carboxylic acids is 1. The van der Waals surface area contributed by atoms with Gasteiger partial charge in [0.2, 0.25) is 0 Å². The highest BCUT2D eigenvalue weighted by atomic mass is 16.5. The zero-order valence-electron chi connectivity index (χ0n) is 7.80. The van der Waals surface area contributed by atoms with E-state index in [-0.39, 0.29) is 12.4 Å². The fraction of sp³-hybridized carbons (Fsp3) is 0.300. The molecule has 0 saturated heterocycles. The van der Waals surface area contributed by atoms with E-state index in [0.717, 1.165) is 0 Å². The van der Waals surface area contributed by atoms with Crippen LogP contribution >= 0.6 is 0 Å². The van der Waals surface area contributed by atoms with Crippen molar-refractivity contribution in [2.45, 2.75) is 6.92 Å². The lowest BCUT2D eigenvalue weighted by molar-refractivity contribution is -0.142. The van der Waals surface area contributed by atoms with Gasteiger partial charge in [-0.2, -0.15) is 0 Å². The van der Waals surface area contributed by atoms with Gasteiger partial charge in [-0.3, -0.25) is 4.79 Å². The number of carboxylic acid groups (broad SMARTS) is 1. The first-order valence-electron chi connectivity index (χ1n) is 4.24. The van der Waals surface area contributed by atoms with Crippen LogP contribution in [0.1, 0.15) is 6.92 Å². The Hall–Kier alpha value is -1.71. The minimum absolute atomic E-state index is 0.0960. The number of benzene rings is 1. The molecule has 0 spiro atoms. The molecule has 0 radical (unpaired) electrons. The SMILES string of the molecule is CC(COc1cccc(O)c1)C(=O)O. The smallest absolute Gasteiger partial charge is 0.309 e. The molecule has 0 amide bonds. The van der Waals surface area contributed by atoms with E-state index in [1.54, 1.807) is 19.1 Å². The van der Waals surface area contributed by atoms with E-state index in [2.05, 4.69) is 0 Å². The summed E-state index contributed by atoms with van der Waals surface area (Å²) in [5.74, 6) is -0.883. The van der Waals surface area contributed by atoms with Gasteiger partial charge < -0.3 is 14.9 Å². The fourth-order valence-electron chi connectivity index (χ4n) is 0.866. The number of phenolic OH excluding ortho intramolecular Hbond substituents is 1. The molecule has 14 heavy (non-hydrogen) atoms. The lowest BCUT2D eigenvalue weighted by Crippen LogP contribution is -2.17. The largest absolute Gasteiger partial charge is 0.508 e. The molecular formula is C10H12O4. The van der Waals surface area contributed by atoms with Crippen LogP contribution in [0, 0.1) is 5.92 Å². The van der Waals surface area contributed by atoms with Crippen molar-refractivity contribution in [1.82, 2.24) is 0 Å². The second kappa shape index (κ2) is 4.50. The number of carbonyl (C=O) groups is 1. The summed E-state index contributed by atoms with van der Waals surface area (Å²) in [4.78, 5) is 10.5. The Balaban J connectivity index is 2.49. The van der Waals surface area contributed by atoms with Gasteiger partial charge in [0.25, 0.3) is 0 Å². The average molecular weight is 196 g/mol. The van der Waals surface area contributed by atoms with E-state index in [0.29, 0.717) is 5.75 Å². The number of hydrogen-bond donors (Lipinski definition) is 2. The molecule has 2 N–H and O–H groups in total. The van der Waals surface area contributed by atoms with Crippen molar-refractivity contribution in [2.24, 2.45) is 5.92 Å². The van der Waals surface area contributed by atoms with Gasteiger partial charge >= 0.3 is 5.97 Å². The molecule has 0 fully saturated rings. The standard InChI is InChI=1S/C10H12O4/c1-7(10(12)13)6-14-9-4-2-3-8(11)5-9/h2-5,7,11H,6H2,1H3,(H,12,13). The molecule has 4 heteroatoms. The summed E-state index contributed by atoms with van der Waals surface area (Å²) in [6.07, 6.45) is 0. The van der Waals surface area contributed by atoms with Crippen molar-refractivity contribution < 1.29 is 19.7 Å². The van der Waals surface area contributed by atoms with Crippen molar-refractivity contribution in [3.63, 3.8) is 0 Å². The lowest BCUT2D eigenvalue weighted by atomic mass is 10.2. The fourth-order valence-corrected chi connectivity index (χ4v) is 0.866. The maximum absolute atomic E-state index is 10.5. The molecule has 0 aromatic heterocycles. The van der Waals surface area contributed by atoms with Gasteiger partial charge in [0.1, 0.15) is 18.1 Å². The highest BCUT2D eigenvalue weighted by molar-refractivity contribution is 5.69. The maximum Gasteiger partial charge on any atom is 0.309 e. The molecule has 76 valence electrons. The normalized spacial score (nSPS) is 12.1. The summed E-state index contributed by atoms with van der Waals surface area (Å²) in [5.41, 5.74) is 0. The van der Waals surface area contributed by atoms with Crippen molar-refractivity contribution in [3.05, 3.63) is 24.3 Å². The van der Waals surface area contributed by atoms with Crippen LogP contribution in [0.25, 0.3) is 0 Å². The van der Waals surface area contributed by atoms with Crippen LogP contribution in [0.15, 0.2) is 24.3 Å². The highest BCUT2D eigenvalue weighted by Gasteiger charge is 2.11. The molecule has 0 heterocycles. The first-order chi connectivity index (χ1) is 6.59. The summed E-state index contributed by atoms with van der Waals surface area (Å²) in [7, 11) is 0. The maximum atomic E-state index is 10.5. The third-order valence-electron chi connectivity index (χ3n) is 1.74. The zero-order chi connectivity index (χ0) is 10.6. The first-order valence-corrected chi connectivity index (χ1v) is 4.24. The number of ether oxygens (including phenoxy) is 1. The van der Waals surface area contributed by atoms with Gasteiger partial charge in [-0.1, -0.05) is 6.07 Å². The second-order valence-electron chi connectivity index (χ2n) is 3.05. The molecule has 1 unspecified atom stereocenters. The molecular weight excluding hydrogens is 184 g/mol. The van der Waals surface area contributed by atoms with E-state index in [1.165, 1.54) is 12.1 Å². The second-order valence-corrected chi connectivity index (χ2v) is 3.05. The quantitative estimate of drug-likeness (QED) is 0.765. The molecule has 1 rings (SSSR count). The van der Waals surface area contributed by atoms with Crippen molar-refractivity contribution >= 4 is 5.97 Å². The van der Waals surface area contributed by atoms with Crippen molar-refractivity contribution in [1.29, 1.82) is 0 Å². The topological polar surface area (TPSA) is 66.8 Å². The van der Waals surface area contributed by atoms with Crippen LogP contribution in [0.3, 0.4) is 0 Å². The molecule has 0 aliphatic rings. The third-order valence-corrected chi connectivity index (χ3v) is 1.74. The number of phenols is 1. The first kappa shape index (κ1) is 10.4. The summed E-state index contributed by atoms with van der Waals surface area (Å²) in [5, 5.41) is 17.7. The molecule has 1 atom stereocenters. The van der Waals surface area contributed by atoms with Crippen LogP contribution in [0.5, 0.6) is 11.5 Å². The average Bonchev–Trinajstić information content (AvgIpc) is 2.14. The van der Waals surface area contributed by atoms with Crippen LogP contribution in [-0.4, -0.2) is 22.8 Å². The van der Waals surface area contributed by atoms with Gasteiger partial charge in [-0.25, -0.2) is 0 Å². The van der Waals surface area contributed by atoms with Gasteiger partial charge in [0, 0.05) is 6.07 Å². The Bertz CT molecular complexity index is 322. The number of hydrogen-bond acceptors (Lipinski definition) is 3. The Labute approximate surface area is 81.8 Å². The Morgan fingerprint density at radius 1 is 1.57 bits per heavy atom. The Morgan fingerprint density at radius 3 is 2.86 bits per heavy atom. The van der Waals surface area contributed by atoms with Gasteiger partial charge in [-0.05, 0) is 19.1 Å². The van der Waals surface area contributed by atoms with Crippen LogP contribution in [0.4, 0.5) is 0 Å². The van der Waals surface area contributed by atoms with E-state index < -0.39 is 11.9 Å². The molecule has 0 aliphatic carbocycles. The number of rotatable bonds is 4. The van der Waals surface area contributed by atoms with Crippen LogP contribution in [0.2, 0.25) is 0 Å². The molecule has 1 aromatic rings. The minimum atomic E-state index is -0.898. The van der Waals surface area contributed by atoms with E-state index in [4.69, 9.17) is 14.9 Å². The minimum Gasteiger partial charge on any atom is -0.508 e. The predicted molar refractivity (Wildman–Crippen MR) is 50.4 cm³/mol. The third kappa shape index (κ3) is 2.97. The summed E-state index contributed by atoms with van der Waals surface area (Å²) < 4.78 is 5.17. The van der Waals surface area contributed by atoms with Crippen molar-refractivity contribution in [3.8, 4) is 11.5 Å². The molecule has 0 aliphatic heterocycles. The molecule has 0 saturated carbocycles. The van der Waals surface area contributed by atoms with Gasteiger partial charge in [-0.15, -0.1) is 0 Å². The molecule has 1 aromatic carbocycles. The van der Waals surface area contributed by atoms with Gasteiger partial charge in [0.15, 0.2) is 0 Å². The monoisotopic (exact) mass is 196 g/mol. The Morgan fingerprint density at radius 2 is 2.29 bits per heavy atom. The highest BCUT2D eigenvalue weighted by Crippen LogP contribution is 2.18. The summed E-state index contributed by atoms with van der Waals surface area (Å²) >= 11 is 0. The van der Waals surface area contributed by atoms with Gasteiger partial charge in [0.05, 0.1) is 5.92 Å². The van der Waals surface area contributed by atoms with E-state index in [1.807, 2.05) is 0 Å². The summed E-state index contributed by atoms with van der Waals surface area (Å²) in [6.45, 7) is 1.66. The van der Waals surface area contributed by atoms with E-state index in [9.17, 15) is 4.79 Å². The number of aromatic hydroxyl groups is 1. The molecule has 0 bridgehead atoms. The Kier molecular flexibility index (Phi) is 3.34. The zero-order valence-corrected chi connectivity index (χ0v) is 7.80.